The molecular weight excluding hydrogens is 354 g/mol. The number of ketones is 1. The van der Waals surface area contributed by atoms with Crippen molar-refractivity contribution < 1.29 is 19.7 Å². The van der Waals surface area contributed by atoms with E-state index in [1.807, 2.05) is 0 Å². The number of nitrogens with two attached hydrogens (primary N) is 1. The van der Waals surface area contributed by atoms with Crippen molar-refractivity contribution in [2.24, 2.45) is 5.73 Å². The van der Waals surface area contributed by atoms with Gasteiger partial charge < -0.3 is 20.7 Å². The molecule has 5 nitrogen and oxygen atoms in total. The molecule has 2 atom stereocenters. The number of rotatable bonds is 9. The number of aliphatic hydroxyl groups excluding tert-OH is 1. The third-order valence-electron chi connectivity index (χ3n) is 5.53. The van der Waals surface area contributed by atoms with Crippen molar-refractivity contribution in [3.05, 3.63) is 58.4 Å². The van der Waals surface area contributed by atoms with Crippen LogP contribution in [0.5, 0.6) is 0 Å². The fraction of sp³-hybridized carbons (Fsp3) is 0.522. The predicted molar refractivity (Wildman–Crippen MR) is 111 cm³/mol. The van der Waals surface area contributed by atoms with Crippen molar-refractivity contribution in [1.29, 1.82) is 0 Å². The number of allylic oxidation sites excluding steroid dienone is 2. The van der Waals surface area contributed by atoms with Gasteiger partial charge in [0.25, 0.3) is 0 Å². The summed E-state index contributed by atoms with van der Waals surface area (Å²) in [5.74, 6) is -1.48. The fourth-order valence-corrected chi connectivity index (χ4v) is 3.13. The molecule has 2 rings (SSSR count). The summed E-state index contributed by atoms with van der Waals surface area (Å²) in [5.41, 5.74) is 9.96. The van der Waals surface area contributed by atoms with E-state index in [0.717, 1.165) is 12.8 Å². The molecule has 28 heavy (non-hydrogen) atoms. The summed E-state index contributed by atoms with van der Waals surface area (Å²) < 4.78 is 5.51. The lowest BCUT2D eigenvalue weighted by atomic mass is 9.90. The van der Waals surface area contributed by atoms with Crippen LogP contribution in [0.25, 0.3) is 0 Å². The van der Waals surface area contributed by atoms with E-state index in [9.17, 15) is 15.0 Å². The zero-order chi connectivity index (χ0) is 20.9. The van der Waals surface area contributed by atoms with E-state index in [-0.39, 0.29) is 18.8 Å². The van der Waals surface area contributed by atoms with Crippen LogP contribution < -0.4 is 5.73 Å². The molecule has 1 aromatic rings. The predicted octanol–water partition coefficient (Wildman–Crippen LogP) is 3.23. The van der Waals surface area contributed by atoms with Crippen LogP contribution in [0.3, 0.4) is 0 Å². The lowest BCUT2D eigenvalue weighted by Gasteiger charge is -2.34. The molecule has 0 aromatic heterocycles. The van der Waals surface area contributed by atoms with E-state index < -0.39 is 11.3 Å². The van der Waals surface area contributed by atoms with E-state index in [0.29, 0.717) is 24.0 Å². The summed E-state index contributed by atoms with van der Waals surface area (Å²) in [5, 5.41) is 20.0. The van der Waals surface area contributed by atoms with Gasteiger partial charge in [0.1, 0.15) is 0 Å². The fourth-order valence-electron chi connectivity index (χ4n) is 3.13. The molecule has 0 saturated heterocycles. The lowest BCUT2D eigenvalue weighted by Crippen LogP contribution is -2.44. The number of carbonyl (C=O) groups excluding carboxylic acids is 1. The second kappa shape index (κ2) is 9.03. The Balaban J connectivity index is 1.89. The number of Topliss-reactive ketones (excluding diaryl/α,β-unsaturated/α-hetero) is 1. The van der Waals surface area contributed by atoms with Gasteiger partial charge in [-0.05, 0) is 75.3 Å². The number of aryl methyl sites for hydroxylation is 3. The van der Waals surface area contributed by atoms with Crippen molar-refractivity contribution in [2.45, 2.75) is 71.1 Å². The topological polar surface area (TPSA) is 92.8 Å². The Morgan fingerprint density at radius 2 is 1.96 bits per heavy atom. The van der Waals surface area contributed by atoms with E-state index >= 15 is 0 Å². The van der Waals surface area contributed by atoms with Gasteiger partial charge in [-0.1, -0.05) is 18.2 Å². The second-order valence-electron chi connectivity index (χ2n) is 8.31. The first-order chi connectivity index (χ1) is 13.1. The second-order valence-corrected chi connectivity index (χ2v) is 8.31. The summed E-state index contributed by atoms with van der Waals surface area (Å²) in [6, 6.07) is 6.39. The minimum absolute atomic E-state index is 0.00394. The van der Waals surface area contributed by atoms with Crippen LogP contribution in [0.4, 0.5) is 0 Å². The van der Waals surface area contributed by atoms with Gasteiger partial charge in [-0.3, -0.25) is 4.79 Å². The molecule has 0 radical (unpaired) electrons. The minimum atomic E-state index is -1.49. The van der Waals surface area contributed by atoms with Gasteiger partial charge in [-0.15, -0.1) is 0 Å². The molecule has 5 heteroatoms. The zero-order valence-corrected chi connectivity index (χ0v) is 17.4. The van der Waals surface area contributed by atoms with E-state index in [1.165, 1.54) is 23.0 Å². The number of hydrogen-bond acceptors (Lipinski definition) is 5. The Kier molecular flexibility index (Phi) is 7.21. The molecule has 1 heterocycles. The quantitative estimate of drug-likeness (QED) is 0.605. The van der Waals surface area contributed by atoms with Crippen LogP contribution in [0, 0.1) is 13.8 Å². The van der Waals surface area contributed by atoms with Gasteiger partial charge in [-0.2, -0.15) is 0 Å². The highest BCUT2D eigenvalue weighted by molar-refractivity contribution is 5.98. The Hall–Kier alpha value is -1.95. The maximum Gasteiger partial charge on any atom is 0.230 e. The van der Waals surface area contributed by atoms with Crippen LogP contribution in [-0.2, 0) is 16.0 Å². The molecular formula is C23H33NO4. The van der Waals surface area contributed by atoms with Crippen LogP contribution in [0.2, 0.25) is 0 Å². The highest BCUT2D eigenvalue weighted by atomic mass is 16.6. The van der Waals surface area contributed by atoms with E-state index in [4.69, 9.17) is 10.5 Å². The summed E-state index contributed by atoms with van der Waals surface area (Å²) in [7, 11) is 0. The van der Waals surface area contributed by atoms with Gasteiger partial charge >= 0.3 is 0 Å². The number of aliphatic hydroxyl groups is 2. The van der Waals surface area contributed by atoms with Gasteiger partial charge in [0.15, 0.2) is 5.78 Å². The zero-order valence-electron chi connectivity index (χ0n) is 17.4. The van der Waals surface area contributed by atoms with Gasteiger partial charge in [0, 0.05) is 18.4 Å². The van der Waals surface area contributed by atoms with Crippen LogP contribution >= 0.6 is 0 Å². The Bertz CT molecular complexity index is 779. The van der Waals surface area contributed by atoms with Crippen molar-refractivity contribution >= 4 is 5.78 Å². The number of ether oxygens (including phenoxy) is 1. The van der Waals surface area contributed by atoms with Gasteiger partial charge in [0.05, 0.1) is 18.4 Å². The van der Waals surface area contributed by atoms with Crippen molar-refractivity contribution in [1.82, 2.24) is 0 Å². The normalized spacial score (nSPS) is 21.4. The third kappa shape index (κ3) is 5.77. The van der Waals surface area contributed by atoms with Crippen molar-refractivity contribution in [3.8, 4) is 0 Å². The first-order valence-electron chi connectivity index (χ1n) is 9.84. The van der Waals surface area contributed by atoms with Crippen LogP contribution in [0.1, 0.15) is 56.2 Å². The maximum atomic E-state index is 12.5. The molecule has 0 saturated carbocycles. The highest BCUT2D eigenvalue weighted by Crippen LogP contribution is 2.32. The van der Waals surface area contributed by atoms with E-state index in [2.05, 4.69) is 32.0 Å². The monoisotopic (exact) mass is 387 g/mol. The molecule has 1 aromatic carbocycles. The first kappa shape index (κ1) is 22.3. The summed E-state index contributed by atoms with van der Waals surface area (Å²) in [6.45, 7) is 7.47. The molecule has 4 N–H and O–H groups in total. The molecule has 0 bridgehead atoms. The first-order valence-corrected chi connectivity index (χ1v) is 9.84. The van der Waals surface area contributed by atoms with Gasteiger partial charge in [0.2, 0.25) is 5.79 Å². The summed E-state index contributed by atoms with van der Waals surface area (Å²) in [4.78, 5) is 12.5. The summed E-state index contributed by atoms with van der Waals surface area (Å²) >= 11 is 0. The van der Waals surface area contributed by atoms with Crippen LogP contribution in [-0.4, -0.2) is 33.9 Å². The molecule has 1 aliphatic heterocycles. The third-order valence-corrected chi connectivity index (χ3v) is 5.53. The molecule has 1 aliphatic rings. The Labute approximate surface area is 167 Å². The lowest BCUT2D eigenvalue weighted by molar-refractivity contribution is -0.147. The smallest absolute Gasteiger partial charge is 0.230 e. The van der Waals surface area contributed by atoms with E-state index in [1.54, 1.807) is 19.9 Å². The molecule has 0 spiro atoms. The largest absolute Gasteiger partial charge is 0.465 e. The Morgan fingerprint density at radius 1 is 1.25 bits per heavy atom. The van der Waals surface area contributed by atoms with Crippen molar-refractivity contribution in [3.63, 3.8) is 0 Å². The van der Waals surface area contributed by atoms with Gasteiger partial charge in [-0.25, -0.2) is 0 Å². The Morgan fingerprint density at radius 3 is 2.57 bits per heavy atom. The molecule has 0 amide bonds. The molecule has 0 fully saturated rings. The maximum absolute atomic E-state index is 12.5. The van der Waals surface area contributed by atoms with Crippen LogP contribution in [0.15, 0.2) is 41.7 Å². The summed E-state index contributed by atoms with van der Waals surface area (Å²) in [6.07, 6.45) is 5.70. The number of hydrogen-bond donors (Lipinski definition) is 3. The van der Waals surface area contributed by atoms with Crippen molar-refractivity contribution in [2.75, 3.05) is 6.61 Å². The SMILES string of the molecule is CC1=CC(C(=O)CCCc2ccc(C)c(C)c2)=COC1(O)CCC(C)(N)CO. The highest BCUT2D eigenvalue weighted by Gasteiger charge is 2.35. The molecule has 2 unspecified atom stereocenters. The molecule has 0 aliphatic carbocycles. The number of carbonyl (C=O) groups is 1. The number of benzene rings is 1. The average Bonchev–Trinajstić information content (AvgIpc) is 2.65. The molecule has 154 valence electrons. The standard InChI is InChI=1S/C23H33NO4/c1-16-8-9-19(12-17(16)2)6-5-7-21(26)20-13-18(3)23(27,28-14-20)11-10-22(4,24)15-25/h8-9,12-14,25,27H,5-7,10-11,15,24H2,1-4H3. The minimum Gasteiger partial charge on any atom is -0.465 e. The average molecular weight is 388 g/mol.